The Hall–Kier alpha value is -6.78. The van der Waals surface area contributed by atoms with Gasteiger partial charge in [0.15, 0.2) is 0 Å². The fraction of sp³-hybridized carbons (Fsp3) is 0.333. The van der Waals surface area contributed by atoms with Crippen molar-refractivity contribution in [3.63, 3.8) is 0 Å². The maximum atomic E-state index is 14.1. The number of fused-ring (bicyclic) bond motifs is 14. The van der Waals surface area contributed by atoms with Crippen molar-refractivity contribution in [3.8, 4) is 43.4 Å². The fourth-order valence-electron chi connectivity index (χ4n) is 7.09. The van der Waals surface area contributed by atoms with Gasteiger partial charge in [0.25, 0.3) is 23.6 Å². The molecule has 3 atom stereocenters. The van der Waals surface area contributed by atoms with Gasteiger partial charge in [-0.15, -0.1) is 68.0 Å². The quantitative estimate of drug-likeness (QED) is 0.0835. The predicted octanol–water partition coefficient (Wildman–Crippen LogP) is 6.29. The first-order valence-electron chi connectivity index (χ1n) is 22.1. The lowest BCUT2D eigenvalue weighted by molar-refractivity contribution is -0.136. The van der Waals surface area contributed by atoms with Crippen LogP contribution in [-0.4, -0.2) is 102 Å². The van der Waals surface area contributed by atoms with Crippen molar-refractivity contribution in [2.24, 2.45) is 11.8 Å². The van der Waals surface area contributed by atoms with E-state index in [0.29, 0.717) is 63.3 Å². The number of carbonyl (C=O) groups excluding carboxylic acids is 6. The average molecular weight is 1090 g/mol. The van der Waals surface area contributed by atoms with Gasteiger partial charge in [0.2, 0.25) is 11.8 Å². The maximum Gasteiger partial charge on any atom is 0.305 e. The van der Waals surface area contributed by atoms with Gasteiger partial charge in [-0.1, -0.05) is 27.7 Å². The number of aryl methyl sites for hydroxylation is 1. The summed E-state index contributed by atoms with van der Waals surface area (Å²) < 4.78 is 0. The number of pyridine rings is 1. The van der Waals surface area contributed by atoms with Gasteiger partial charge < -0.3 is 37.0 Å². The molecule has 7 N–H and O–H groups in total. The molecule has 10 bridgehead atoms. The van der Waals surface area contributed by atoms with Gasteiger partial charge in [-0.05, 0) is 30.9 Å². The van der Waals surface area contributed by atoms with Crippen LogP contribution in [-0.2, 0) is 14.4 Å². The Morgan fingerprint density at radius 3 is 2.01 bits per heavy atom. The van der Waals surface area contributed by atoms with Gasteiger partial charge in [-0.2, -0.15) is 0 Å². The number of rotatable bonds is 9. The number of nitrogens with zero attached hydrogens (tertiary/aromatic N) is 7. The highest BCUT2D eigenvalue weighted by atomic mass is 32.1. The zero-order chi connectivity index (χ0) is 51.4. The van der Waals surface area contributed by atoms with E-state index in [2.05, 4.69) is 46.9 Å². The number of carboxylic acids is 1. The van der Waals surface area contributed by atoms with Crippen LogP contribution in [0.1, 0.15) is 121 Å². The number of amides is 6. The van der Waals surface area contributed by atoms with E-state index >= 15 is 0 Å². The fourth-order valence-corrected chi connectivity index (χ4v) is 12.5. The Labute approximate surface area is 434 Å². The molecule has 8 heterocycles. The molecular weight excluding hydrogens is 1040 g/mol. The van der Waals surface area contributed by atoms with Crippen LogP contribution in [0.15, 0.2) is 39.0 Å². The summed E-state index contributed by atoms with van der Waals surface area (Å²) in [7, 11) is 1.47. The van der Waals surface area contributed by atoms with E-state index in [1.54, 1.807) is 40.6 Å². The molecule has 7 aromatic rings. The Morgan fingerprint density at radius 1 is 0.667 bits per heavy atom. The van der Waals surface area contributed by atoms with Crippen LogP contribution < -0.4 is 31.9 Å². The molecule has 27 heteroatoms. The number of thiazole rings is 6. The second-order valence-corrected chi connectivity index (χ2v) is 22.4. The summed E-state index contributed by atoms with van der Waals surface area (Å²) in [6.07, 6.45) is -0.448. The number of aliphatic carboxylic acids is 1. The van der Waals surface area contributed by atoms with E-state index in [1.165, 1.54) is 63.7 Å². The monoisotopic (exact) mass is 1090 g/mol. The van der Waals surface area contributed by atoms with Gasteiger partial charge in [0, 0.05) is 50.9 Å². The first-order chi connectivity index (χ1) is 34.5. The molecule has 1 aliphatic heterocycles. The Morgan fingerprint density at radius 2 is 1.29 bits per heavy atom. The molecule has 8 rings (SSSR count). The highest BCUT2D eigenvalue weighted by Gasteiger charge is 2.31. The molecule has 0 aromatic carbocycles. The zero-order valence-electron chi connectivity index (χ0n) is 39.1. The van der Waals surface area contributed by atoms with Gasteiger partial charge >= 0.3 is 5.97 Å². The molecular formula is C45H45N13O8S6. The summed E-state index contributed by atoms with van der Waals surface area (Å²) in [4.78, 5) is 125. The second-order valence-electron chi connectivity index (χ2n) is 16.8. The van der Waals surface area contributed by atoms with Crippen molar-refractivity contribution < 1.29 is 38.7 Å². The van der Waals surface area contributed by atoms with Crippen molar-refractivity contribution in [2.45, 2.75) is 65.6 Å². The number of nitrogens with one attached hydrogen (secondary N) is 6. The maximum absolute atomic E-state index is 14.1. The number of carboxylic acid groups (broad SMARTS) is 1. The Kier molecular flexibility index (Phi) is 16.0. The van der Waals surface area contributed by atoms with E-state index in [-0.39, 0.29) is 66.4 Å². The molecule has 72 heavy (non-hydrogen) atoms. The smallest absolute Gasteiger partial charge is 0.305 e. The molecule has 21 nitrogen and oxygen atoms in total. The second kappa shape index (κ2) is 22.3. The van der Waals surface area contributed by atoms with Gasteiger partial charge in [-0.25, -0.2) is 34.9 Å². The van der Waals surface area contributed by atoms with Gasteiger partial charge in [0.1, 0.15) is 69.9 Å². The molecule has 6 amide bonds. The molecule has 374 valence electrons. The topological polar surface area (TPSA) is 302 Å². The summed E-state index contributed by atoms with van der Waals surface area (Å²) in [6.45, 7) is 8.99. The van der Waals surface area contributed by atoms with Gasteiger partial charge in [0.05, 0.1) is 43.2 Å². The number of aromatic nitrogens is 7. The van der Waals surface area contributed by atoms with Crippen molar-refractivity contribution in [1.82, 2.24) is 66.8 Å². The standard InChI is InChI=1S/C45H45N13O8S6/c1-18(2)32-44-55-28(17-71-44)42-51-24(13-68-42)35-21(7-8-22(49-35)41-53-25(14-69-41)36(63)47-10-9-31(61)62)40-52-27(16-67-40)38(65)50-23(11-29(59)46-6)43-58-34(20(5)72-43)39(66)57-33(19(3)4)45-54-26(15-70-45)37(64)48-12-30(60)56-32/h7-8,13-19,23,32-33H,9-12H2,1-6H3,(H,46,59)(H,47,63)(H,48,64)(H,50,65)(H,56,60)(H,57,66)(H,61,62). The Balaban J connectivity index is 1.18. The average Bonchev–Trinajstić information content (AvgIpc) is 4.21. The molecule has 0 fully saturated rings. The Bertz CT molecular complexity index is 3200. The van der Waals surface area contributed by atoms with Crippen LogP contribution in [0.4, 0.5) is 0 Å². The van der Waals surface area contributed by atoms with Crippen LogP contribution in [0, 0.1) is 18.8 Å². The van der Waals surface area contributed by atoms with Crippen LogP contribution in [0.25, 0.3) is 43.4 Å². The van der Waals surface area contributed by atoms with Crippen molar-refractivity contribution in [1.29, 1.82) is 0 Å². The first kappa shape index (κ1) is 51.6. The van der Waals surface area contributed by atoms with Crippen molar-refractivity contribution in [3.05, 3.63) is 81.7 Å². The lowest BCUT2D eigenvalue weighted by atomic mass is 10.0. The van der Waals surface area contributed by atoms with Crippen LogP contribution in [0.2, 0.25) is 0 Å². The van der Waals surface area contributed by atoms with Crippen LogP contribution in [0.5, 0.6) is 0 Å². The molecule has 0 aliphatic carbocycles. The van der Waals surface area contributed by atoms with E-state index in [4.69, 9.17) is 25.0 Å². The highest BCUT2D eigenvalue weighted by Crippen LogP contribution is 2.39. The third-order valence-electron chi connectivity index (χ3n) is 10.9. The summed E-state index contributed by atoms with van der Waals surface area (Å²) in [5, 5.41) is 36.8. The minimum Gasteiger partial charge on any atom is -0.481 e. The predicted molar refractivity (Wildman–Crippen MR) is 274 cm³/mol. The number of carbonyl (C=O) groups is 7. The van der Waals surface area contributed by atoms with Crippen molar-refractivity contribution >= 4 is 109 Å². The van der Waals surface area contributed by atoms with E-state index < -0.39 is 53.6 Å². The van der Waals surface area contributed by atoms with Crippen LogP contribution in [0.3, 0.4) is 0 Å². The van der Waals surface area contributed by atoms with Crippen LogP contribution >= 0.6 is 68.0 Å². The summed E-state index contributed by atoms with van der Waals surface area (Å²) in [5.41, 5.74) is 2.58. The SMILES string of the molecule is CNC(=O)CC1NC(=O)c2csc(n2)-c2ccc(-c3nc(C(=O)NCCC(=O)O)cs3)nc2-c2csc(n2)-c2csc(n2)C(C(C)C)NC(=O)CNC(=O)c2csc(n2)C(C(C)C)NC(=O)c2nc1sc2C. The molecule has 0 saturated carbocycles. The van der Waals surface area contributed by atoms with E-state index in [0.717, 1.165) is 11.3 Å². The van der Waals surface area contributed by atoms with Gasteiger partial charge in [-0.3, -0.25) is 33.6 Å². The molecule has 3 unspecified atom stereocenters. The summed E-state index contributed by atoms with van der Waals surface area (Å²) in [6, 6.07) is 1.38. The zero-order valence-corrected chi connectivity index (χ0v) is 44.0. The number of hydrogen-bond donors (Lipinski definition) is 7. The lowest BCUT2D eigenvalue weighted by Gasteiger charge is -2.20. The van der Waals surface area contributed by atoms with Crippen molar-refractivity contribution in [2.75, 3.05) is 20.1 Å². The van der Waals surface area contributed by atoms with E-state index in [9.17, 15) is 33.6 Å². The molecule has 7 aromatic heterocycles. The molecule has 1 aliphatic rings. The molecule has 0 saturated heterocycles. The minimum atomic E-state index is -1.05. The third-order valence-corrected chi connectivity index (χ3v) is 16.4. The minimum absolute atomic E-state index is 0.0395. The molecule has 0 radical (unpaired) electrons. The molecule has 0 spiro atoms. The highest BCUT2D eigenvalue weighted by molar-refractivity contribution is 7.15. The normalized spacial score (nSPS) is 16.6. The first-order valence-corrected chi connectivity index (χ1v) is 27.3. The lowest BCUT2D eigenvalue weighted by Crippen LogP contribution is -2.40. The largest absolute Gasteiger partial charge is 0.481 e. The number of hydrogen-bond acceptors (Lipinski definition) is 20. The summed E-state index contributed by atoms with van der Waals surface area (Å²) >= 11 is 7.35. The third kappa shape index (κ3) is 11.8. The summed E-state index contributed by atoms with van der Waals surface area (Å²) in [5.74, 6) is -4.37. The van der Waals surface area contributed by atoms with E-state index in [1.807, 2.05) is 33.1 Å².